The number of nitrogens with zero attached hydrogens (tertiary/aromatic N) is 2. The Balaban J connectivity index is 1.70. The summed E-state index contributed by atoms with van der Waals surface area (Å²) in [4.78, 5) is 16.8. The molecule has 2 aromatic heterocycles. The molecule has 0 radical (unpaired) electrons. The zero-order chi connectivity index (χ0) is 23.0. The van der Waals surface area contributed by atoms with E-state index in [1.807, 2.05) is 4.72 Å². The number of aryl methyl sites for hydroxylation is 2. The van der Waals surface area contributed by atoms with Gasteiger partial charge in [0.05, 0.1) is 5.69 Å². The third-order valence-electron chi connectivity index (χ3n) is 4.94. The van der Waals surface area contributed by atoms with Gasteiger partial charge in [-0.3, -0.25) is 4.72 Å². The number of benzene rings is 2. The molecular weight excluding hydrogens is 439 g/mol. The predicted molar refractivity (Wildman–Crippen MR) is 116 cm³/mol. The van der Waals surface area contributed by atoms with Crippen molar-refractivity contribution in [1.29, 1.82) is 0 Å². The van der Waals surface area contributed by atoms with Gasteiger partial charge in [0.2, 0.25) is 0 Å². The summed E-state index contributed by atoms with van der Waals surface area (Å²) >= 11 is 0. The third-order valence-corrected chi connectivity index (χ3v) is 5.45. The van der Waals surface area contributed by atoms with Gasteiger partial charge in [0.15, 0.2) is 5.82 Å². The van der Waals surface area contributed by atoms with E-state index in [0.29, 0.717) is 28.3 Å². The number of nitrogens with one attached hydrogen (secondary N) is 1. The molecule has 0 saturated heterocycles. The Morgan fingerprint density at radius 2 is 2.06 bits per heavy atom. The number of hydrogen-bond acceptors (Lipinski definition) is 6. The minimum absolute atomic E-state index is 0.0956. The molecule has 0 spiro atoms. The second-order valence-electron chi connectivity index (χ2n) is 7.18. The first-order chi connectivity index (χ1) is 15.1. The van der Waals surface area contributed by atoms with Crippen LogP contribution in [0.1, 0.15) is 16.7 Å². The zero-order valence-electron chi connectivity index (χ0n) is 17.1. The fourth-order valence-corrected chi connectivity index (χ4v) is 3.80. The molecule has 0 bridgehead atoms. The molecule has 2 heterocycles. The number of fused-ring (bicyclic) bond motifs is 1. The number of nitrogens with two attached hydrogens (primary N) is 1. The summed E-state index contributed by atoms with van der Waals surface area (Å²) in [6.45, 7) is 1.73. The Hall–Kier alpha value is -3.70. The van der Waals surface area contributed by atoms with E-state index < -0.39 is 21.7 Å². The van der Waals surface area contributed by atoms with Crippen molar-refractivity contribution in [3.8, 4) is 11.8 Å². The summed E-state index contributed by atoms with van der Waals surface area (Å²) in [7, 11) is -2.36. The first-order valence-electron chi connectivity index (χ1n) is 9.42. The van der Waals surface area contributed by atoms with Gasteiger partial charge in [0, 0.05) is 42.9 Å². The number of halogens is 1. The van der Waals surface area contributed by atoms with Crippen molar-refractivity contribution in [2.24, 2.45) is 12.2 Å². The lowest BCUT2D eigenvalue weighted by Gasteiger charge is -2.12. The SMILES string of the molecule is Cc1c(Cc2cccc(NS(N)(=O)=O)c2F)c(=O)oc2cc(Oc3nccn3C)ccc12. The lowest BCUT2D eigenvalue weighted by molar-refractivity contribution is 0.424. The van der Waals surface area contributed by atoms with Crippen molar-refractivity contribution in [3.05, 3.63) is 81.7 Å². The highest BCUT2D eigenvalue weighted by Gasteiger charge is 2.17. The summed E-state index contributed by atoms with van der Waals surface area (Å²) < 4.78 is 52.1. The van der Waals surface area contributed by atoms with Crippen LogP contribution in [0.15, 0.2) is 58.0 Å². The Bertz CT molecular complexity index is 1490. The third kappa shape index (κ3) is 4.34. The summed E-state index contributed by atoms with van der Waals surface area (Å²) in [6.07, 6.45) is 3.24. The van der Waals surface area contributed by atoms with E-state index >= 15 is 0 Å². The fourth-order valence-electron chi connectivity index (χ4n) is 3.34. The fraction of sp³-hybridized carbons (Fsp3) is 0.143. The Kier molecular flexibility index (Phi) is 5.45. The highest BCUT2D eigenvalue weighted by Crippen LogP contribution is 2.28. The number of aromatic nitrogens is 2. The summed E-state index contributed by atoms with van der Waals surface area (Å²) in [5, 5.41) is 5.58. The van der Waals surface area contributed by atoms with Crippen molar-refractivity contribution in [2.45, 2.75) is 13.3 Å². The van der Waals surface area contributed by atoms with Crippen LogP contribution < -0.4 is 20.2 Å². The predicted octanol–water partition coefficient (Wildman–Crippen LogP) is 2.97. The van der Waals surface area contributed by atoms with Crippen LogP contribution in [0.4, 0.5) is 10.1 Å². The Morgan fingerprint density at radius 1 is 1.28 bits per heavy atom. The lowest BCUT2D eigenvalue weighted by atomic mass is 9.99. The van der Waals surface area contributed by atoms with Crippen LogP contribution in [0.25, 0.3) is 11.0 Å². The molecule has 9 nitrogen and oxygen atoms in total. The van der Waals surface area contributed by atoms with Crippen LogP contribution in [0, 0.1) is 12.7 Å². The number of anilines is 1. The van der Waals surface area contributed by atoms with Crippen molar-refractivity contribution in [1.82, 2.24) is 9.55 Å². The lowest BCUT2D eigenvalue weighted by Crippen LogP contribution is -2.22. The van der Waals surface area contributed by atoms with Crippen LogP contribution in [0.2, 0.25) is 0 Å². The van der Waals surface area contributed by atoms with E-state index in [1.54, 1.807) is 49.1 Å². The van der Waals surface area contributed by atoms with Gasteiger partial charge in [-0.1, -0.05) is 12.1 Å². The van der Waals surface area contributed by atoms with Crippen LogP contribution >= 0.6 is 0 Å². The molecule has 4 aromatic rings. The van der Waals surface area contributed by atoms with Crippen LogP contribution in [-0.2, 0) is 23.7 Å². The normalized spacial score (nSPS) is 11.6. The van der Waals surface area contributed by atoms with Gasteiger partial charge < -0.3 is 13.7 Å². The Labute approximate surface area is 182 Å². The molecule has 0 aliphatic carbocycles. The van der Waals surface area contributed by atoms with E-state index in [-0.39, 0.29) is 23.2 Å². The van der Waals surface area contributed by atoms with Crippen molar-refractivity contribution < 1.29 is 22.0 Å². The van der Waals surface area contributed by atoms with Gasteiger partial charge in [0.1, 0.15) is 11.3 Å². The molecule has 32 heavy (non-hydrogen) atoms. The second-order valence-corrected chi connectivity index (χ2v) is 8.47. The minimum atomic E-state index is -4.15. The average Bonchev–Trinajstić information content (AvgIpc) is 3.11. The number of hydrogen-bond donors (Lipinski definition) is 2. The number of imidazole rings is 1. The number of ether oxygens (including phenoxy) is 1. The van der Waals surface area contributed by atoms with Crippen molar-refractivity contribution >= 4 is 26.9 Å². The van der Waals surface area contributed by atoms with E-state index in [2.05, 4.69) is 4.98 Å². The summed E-state index contributed by atoms with van der Waals surface area (Å²) in [5.41, 5.74) is 0.361. The summed E-state index contributed by atoms with van der Waals surface area (Å²) in [5.74, 6) is -0.380. The molecule has 0 unspecified atom stereocenters. The standard InChI is InChI=1S/C21H19FN4O5S/c1-12-15-7-6-14(30-21-24-8-9-26(21)2)11-18(15)31-20(27)16(12)10-13-4-3-5-17(19(13)22)25-32(23,28)29/h3-9,11,25H,10H2,1-2H3,(H2,23,28,29). The maximum atomic E-state index is 14.8. The topological polar surface area (TPSA) is 129 Å². The molecule has 0 saturated carbocycles. The van der Waals surface area contributed by atoms with E-state index in [9.17, 15) is 17.6 Å². The molecule has 0 amide bonds. The van der Waals surface area contributed by atoms with E-state index in [1.165, 1.54) is 18.2 Å². The highest BCUT2D eigenvalue weighted by atomic mass is 32.2. The maximum absolute atomic E-state index is 14.8. The molecular formula is C21H19FN4O5S. The second kappa shape index (κ2) is 8.09. The molecule has 3 N–H and O–H groups in total. The molecule has 0 aliphatic rings. The smallest absolute Gasteiger partial charge is 0.340 e. The average molecular weight is 458 g/mol. The van der Waals surface area contributed by atoms with Crippen molar-refractivity contribution in [3.63, 3.8) is 0 Å². The quantitative estimate of drug-likeness (QED) is 0.427. The van der Waals surface area contributed by atoms with E-state index in [4.69, 9.17) is 14.3 Å². The molecule has 0 aliphatic heterocycles. The first kappa shape index (κ1) is 21.5. The highest BCUT2D eigenvalue weighted by molar-refractivity contribution is 7.90. The summed E-state index contributed by atoms with van der Waals surface area (Å²) in [6, 6.07) is 9.57. The Morgan fingerprint density at radius 3 is 2.75 bits per heavy atom. The first-order valence-corrected chi connectivity index (χ1v) is 11.0. The van der Waals surface area contributed by atoms with Gasteiger partial charge in [-0.25, -0.2) is 19.3 Å². The zero-order valence-corrected chi connectivity index (χ0v) is 17.9. The molecule has 0 atom stereocenters. The van der Waals surface area contributed by atoms with Crippen LogP contribution in [0.3, 0.4) is 0 Å². The van der Waals surface area contributed by atoms with Gasteiger partial charge in [0.25, 0.3) is 10.2 Å². The molecule has 166 valence electrons. The molecule has 11 heteroatoms. The monoisotopic (exact) mass is 458 g/mol. The van der Waals surface area contributed by atoms with Crippen LogP contribution in [0.5, 0.6) is 11.8 Å². The molecule has 0 fully saturated rings. The van der Waals surface area contributed by atoms with Crippen LogP contribution in [-0.4, -0.2) is 18.0 Å². The van der Waals surface area contributed by atoms with Gasteiger partial charge in [-0.15, -0.1) is 0 Å². The minimum Gasteiger partial charge on any atom is -0.425 e. The van der Waals surface area contributed by atoms with Crippen molar-refractivity contribution in [2.75, 3.05) is 4.72 Å². The van der Waals surface area contributed by atoms with E-state index in [0.717, 1.165) is 0 Å². The molecule has 2 aromatic carbocycles. The largest absolute Gasteiger partial charge is 0.425 e. The maximum Gasteiger partial charge on any atom is 0.340 e. The number of rotatable bonds is 6. The van der Waals surface area contributed by atoms with Gasteiger partial charge >= 0.3 is 11.6 Å². The van der Waals surface area contributed by atoms with Gasteiger partial charge in [-0.2, -0.15) is 8.42 Å². The molecule has 4 rings (SSSR count). The van der Waals surface area contributed by atoms with Gasteiger partial charge in [-0.05, 0) is 36.2 Å².